The Morgan fingerprint density at radius 1 is 1.08 bits per heavy atom. The molecule has 1 aromatic carbocycles. The second-order valence-electron chi connectivity index (χ2n) is 5.93. The third-order valence-electron chi connectivity index (χ3n) is 4.13. The van der Waals surface area contributed by atoms with Crippen molar-refractivity contribution in [2.24, 2.45) is 7.05 Å². The van der Waals surface area contributed by atoms with Crippen LogP contribution in [0.4, 0.5) is 4.79 Å². The predicted octanol–water partition coefficient (Wildman–Crippen LogP) is 3.20. The van der Waals surface area contributed by atoms with Crippen molar-refractivity contribution in [1.82, 2.24) is 20.2 Å². The lowest BCUT2D eigenvalue weighted by Crippen LogP contribution is -2.38. The number of carbonyl (C=O) groups is 1. The Hall–Kier alpha value is -3.08. The van der Waals surface area contributed by atoms with Gasteiger partial charge in [-0.15, -0.1) is 0 Å². The summed E-state index contributed by atoms with van der Waals surface area (Å²) in [5.41, 5.74) is 3.05. The van der Waals surface area contributed by atoms with Gasteiger partial charge in [0.2, 0.25) is 0 Å². The number of hydrogen-bond donors (Lipinski definition) is 2. The van der Waals surface area contributed by atoms with Crippen LogP contribution in [0.5, 0.6) is 0 Å². The van der Waals surface area contributed by atoms with E-state index in [1.165, 1.54) is 0 Å². The van der Waals surface area contributed by atoms with Crippen LogP contribution in [-0.2, 0) is 20.0 Å². The van der Waals surface area contributed by atoms with Crippen LogP contribution in [0.15, 0.2) is 73.1 Å². The highest BCUT2D eigenvalue weighted by atomic mass is 16.2. The smallest absolute Gasteiger partial charge is 0.315 e. The molecule has 128 valence electrons. The van der Waals surface area contributed by atoms with E-state index >= 15 is 0 Å². The van der Waals surface area contributed by atoms with Crippen molar-refractivity contribution in [3.63, 3.8) is 0 Å². The van der Waals surface area contributed by atoms with E-state index in [1.54, 1.807) is 6.20 Å². The van der Waals surface area contributed by atoms with E-state index in [4.69, 9.17) is 0 Å². The molecule has 2 aromatic heterocycles. The van der Waals surface area contributed by atoms with Crippen molar-refractivity contribution in [3.8, 4) is 0 Å². The summed E-state index contributed by atoms with van der Waals surface area (Å²) in [4.78, 5) is 16.7. The van der Waals surface area contributed by atoms with E-state index in [-0.39, 0.29) is 12.1 Å². The molecule has 25 heavy (non-hydrogen) atoms. The van der Waals surface area contributed by atoms with Gasteiger partial charge in [-0.25, -0.2) is 4.79 Å². The number of carbonyl (C=O) groups excluding carboxylic acids is 1. The molecule has 2 amide bonds. The average Bonchev–Trinajstić information content (AvgIpc) is 3.06. The van der Waals surface area contributed by atoms with Crippen LogP contribution in [0, 0.1) is 0 Å². The van der Waals surface area contributed by atoms with E-state index in [0.29, 0.717) is 13.0 Å². The number of rotatable bonds is 6. The maximum atomic E-state index is 12.4. The van der Waals surface area contributed by atoms with E-state index in [9.17, 15) is 4.79 Å². The maximum absolute atomic E-state index is 12.4. The first-order chi connectivity index (χ1) is 12.2. The largest absolute Gasteiger partial charge is 0.353 e. The van der Waals surface area contributed by atoms with Crippen LogP contribution in [0.2, 0.25) is 0 Å². The molecule has 0 aliphatic heterocycles. The molecule has 0 bridgehead atoms. The van der Waals surface area contributed by atoms with Gasteiger partial charge in [-0.05, 0) is 29.8 Å². The molecule has 2 N–H and O–H groups in total. The van der Waals surface area contributed by atoms with Crippen molar-refractivity contribution in [2.75, 3.05) is 0 Å². The van der Waals surface area contributed by atoms with Gasteiger partial charge in [0.25, 0.3) is 0 Å². The summed E-state index contributed by atoms with van der Waals surface area (Å²) < 4.78 is 1.99. The number of nitrogens with one attached hydrogen (secondary N) is 2. The summed E-state index contributed by atoms with van der Waals surface area (Å²) in [7, 11) is 1.96. The Labute approximate surface area is 147 Å². The zero-order chi connectivity index (χ0) is 17.5. The van der Waals surface area contributed by atoms with Gasteiger partial charge in [0, 0.05) is 37.3 Å². The number of amides is 2. The highest BCUT2D eigenvalue weighted by molar-refractivity contribution is 5.74. The second kappa shape index (κ2) is 8.15. The lowest BCUT2D eigenvalue weighted by Gasteiger charge is -2.19. The SMILES string of the molecule is Cn1cccc1CNC(=O)N[C@@H](Cc1ccccn1)c1ccccc1. The summed E-state index contributed by atoms with van der Waals surface area (Å²) in [5, 5.41) is 5.99. The monoisotopic (exact) mass is 334 g/mol. The van der Waals surface area contributed by atoms with Crippen LogP contribution in [-0.4, -0.2) is 15.6 Å². The van der Waals surface area contributed by atoms with Gasteiger partial charge in [0.1, 0.15) is 0 Å². The van der Waals surface area contributed by atoms with Crippen molar-refractivity contribution in [1.29, 1.82) is 0 Å². The van der Waals surface area contributed by atoms with Crippen LogP contribution >= 0.6 is 0 Å². The molecule has 5 nitrogen and oxygen atoms in total. The quantitative estimate of drug-likeness (QED) is 0.727. The van der Waals surface area contributed by atoms with Gasteiger partial charge >= 0.3 is 6.03 Å². The Kier molecular flexibility index (Phi) is 5.46. The van der Waals surface area contributed by atoms with E-state index in [0.717, 1.165) is 17.0 Å². The summed E-state index contributed by atoms with van der Waals surface area (Å²) in [6.07, 6.45) is 4.37. The Morgan fingerprint density at radius 2 is 1.88 bits per heavy atom. The fraction of sp³-hybridized carbons (Fsp3) is 0.200. The van der Waals surface area contributed by atoms with Crippen LogP contribution in [0.3, 0.4) is 0 Å². The zero-order valence-electron chi connectivity index (χ0n) is 14.2. The Bertz CT molecular complexity index is 799. The molecular formula is C20H22N4O. The van der Waals surface area contributed by atoms with Gasteiger partial charge in [0.15, 0.2) is 0 Å². The molecule has 0 radical (unpaired) electrons. The predicted molar refractivity (Wildman–Crippen MR) is 97.9 cm³/mol. The highest BCUT2D eigenvalue weighted by Crippen LogP contribution is 2.17. The van der Waals surface area contributed by atoms with Crippen molar-refractivity contribution < 1.29 is 4.79 Å². The fourth-order valence-corrected chi connectivity index (χ4v) is 2.73. The Balaban J connectivity index is 1.66. The van der Waals surface area contributed by atoms with Crippen LogP contribution < -0.4 is 10.6 Å². The summed E-state index contributed by atoms with van der Waals surface area (Å²) >= 11 is 0. The third kappa shape index (κ3) is 4.70. The average molecular weight is 334 g/mol. The second-order valence-corrected chi connectivity index (χ2v) is 5.93. The molecule has 0 saturated heterocycles. The third-order valence-corrected chi connectivity index (χ3v) is 4.13. The van der Waals surface area contributed by atoms with E-state index < -0.39 is 0 Å². The number of benzene rings is 1. The zero-order valence-corrected chi connectivity index (χ0v) is 14.2. The van der Waals surface area contributed by atoms with Crippen molar-refractivity contribution in [2.45, 2.75) is 19.0 Å². The first-order valence-electron chi connectivity index (χ1n) is 8.32. The Morgan fingerprint density at radius 3 is 2.56 bits per heavy atom. The normalized spacial score (nSPS) is 11.7. The fourth-order valence-electron chi connectivity index (χ4n) is 2.73. The standard InChI is InChI=1S/C20H22N4O/c1-24-13-7-11-18(24)15-22-20(25)23-19(16-8-3-2-4-9-16)14-17-10-5-6-12-21-17/h2-13,19H,14-15H2,1H3,(H2,22,23,25)/t19-/m0/s1. The summed E-state index contributed by atoms with van der Waals surface area (Å²) in [6, 6.07) is 19.4. The molecule has 0 aliphatic rings. The number of aryl methyl sites for hydroxylation is 1. The minimum atomic E-state index is -0.189. The minimum absolute atomic E-state index is 0.135. The molecule has 5 heteroatoms. The summed E-state index contributed by atoms with van der Waals surface area (Å²) in [6.45, 7) is 0.487. The highest BCUT2D eigenvalue weighted by Gasteiger charge is 2.15. The van der Waals surface area contributed by atoms with Crippen LogP contribution in [0.25, 0.3) is 0 Å². The number of pyridine rings is 1. The van der Waals surface area contributed by atoms with Gasteiger partial charge in [-0.3, -0.25) is 4.98 Å². The number of urea groups is 1. The molecule has 0 aliphatic carbocycles. The first-order valence-corrected chi connectivity index (χ1v) is 8.32. The van der Waals surface area contributed by atoms with Gasteiger partial charge < -0.3 is 15.2 Å². The van der Waals surface area contributed by atoms with Crippen LogP contribution in [0.1, 0.15) is 23.0 Å². The van der Waals surface area contributed by atoms with Gasteiger partial charge in [-0.1, -0.05) is 36.4 Å². The maximum Gasteiger partial charge on any atom is 0.315 e. The molecule has 3 rings (SSSR count). The topological polar surface area (TPSA) is 59.0 Å². The molecule has 0 saturated carbocycles. The van der Waals surface area contributed by atoms with Gasteiger partial charge in [0.05, 0.1) is 12.6 Å². The molecule has 0 unspecified atom stereocenters. The van der Waals surface area contributed by atoms with Gasteiger partial charge in [-0.2, -0.15) is 0 Å². The molecular weight excluding hydrogens is 312 g/mol. The lowest BCUT2D eigenvalue weighted by atomic mass is 10.0. The first kappa shape index (κ1) is 16.8. The molecule has 0 spiro atoms. The molecule has 0 fully saturated rings. The van der Waals surface area contributed by atoms with E-state index in [2.05, 4.69) is 15.6 Å². The number of nitrogens with zero attached hydrogens (tertiary/aromatic N) is 2. The molecule has 2 heterocycles. The molecule has 1 atom stereocenters. The lowest BCUT2D eigenvalue weighted by molar-refractivity contribution is 0.236. The number of aromatic nitrogens is 2. The number of hydrogen-bond acceptors (Lipinski definition) is 2. The van der Waals surface area contributed by atoms with E-state index in [1.807, 2.05) is 78.5 Å². The minimum Gasteiger partial charge on any atom is -0.353 e. The van der Waals surface area contributed by atoms with Crippen molar-refractivity contribution >= 4 is 6.03 Å². The summed E-state index contributed by atoms with van der Waals surface area (Å²) in [5.74, 6) is 0. The molecule has 3 aromatic rings. The van der Waals surface area contributed by atoms with Crippen molar-refractivity contribution in [3.05, 3.63) is 90.0 Å².